The Morgan fingerprint density at radius 1 is 1.24 bits per heavy atom. The highest BCUT2D eigenvalue weighted by Crippen LogP contribution is 2.35. The zero-order chi connectivity index (χ0) is 17.1. The molecule has 0 aliphatic carbocycles. The zero-order valence-electron chi connectivity index (χ0n) is 14.1. The lowest BCUT2D eigenvalue weighted by molar-refractivity contribution is -0.123. The molecule has 5 nitrogen and oxygen atoms in total. The Morgan fingerprint density at radius 3 is 2.88 bits per heavy atom. The molecule has 0 spiro atoms. The number of rotatable bonds is 4. The summed E-state index contributed by atoms with van der Waals surface area (Å²) in [7, 11) is 0. The number of amides is 1. The fourth-order valence-corrected chi connectivity index (χ4v) is 4.03. The van der Waals surface area contributed by atoms with Gasteiger partial charge in [0.25, 0.3) is 0 Å². The first-order valence-electron chi connectivity index (χ1n) is 8.75. The molecule has 4 rings (SSSR count). The first kappa shape index (κ1) is 16.4. The summed E-state index contributed by atoms with van der Waals surface area (Å²) in [5.41, 5.74) is 0.869. The van der Waals surface area contributed by atoms with Crippen LogP contribution in [0.15, 0.2) is 35.7 Å². The number of ether oxygens (including phenoxy) is 2. The molecular weight excluding hydrogens is 336 g/mol. The van der Waals surface area contributed by atoms with Gasteiger partial charge in [-0.3, -0.25) is 4.79 Å². The number of anilines is 1. The average Bonchev–Trinajstić information content (AvgIpc) is 3.19. The highest BCUT2D eigenvalue weighted by atomic mass is 32.1. The first-order valence-corrected chi connectivity index (χ1v) is 9.63. The van der Waals surface area contributed by atoms with E-state index in [0.29, 0.717) is 19.8 Å². The van der Waals surface area contributed by atoms with Crippen LogP contribution < -0.4 is 19.7 Å². The van der Waals surface area contributed by atoms with Crippen LogP contribution in [0.5, 0.6) is 11.5 Å². The van der Waals surface area contributed by atoms with Crippen LogP contribution in [0.25, 0.3) is 0 Å². The fourth-order valence-electron chi connectivity index (χ4n) is 3.34. The molecule has 2 aromatic rings. The highest BCUT2D eigenvalue weighted by Gasteiger charge is 2.28. The van der Waals surface area contributed by atoms with Gasteiger partial charge in [0, 0.05) is 23.2 Å². The molecule has 1 N–H and O–H groups in total. The number of carbonyl (C=O) groups excluding carboxylic acids is 1. The third-order valence-corrected chi connectivity index (χ3v) is 5.50. The van der Waals surface area contributed by atoms with Crippen LogP contribution in [0.4, 0.5) is 5.69 Å². The molecule has 1 unspecified atom stereocenters. The summed E-state index contributed by atoms with van der Waals surface area (Å²) in [5.74, 6) is 1.67. The number of nitrogens with one attached hydrogen (secondary N) is 1. The van der Waals surface area contributed by atoms with Crippen LogP contribution in [0, 0.1) is 5.92 Å². The summed E-state index contributed by atoms with van der Waals surface area (Å²) >= 11 is 1.67. The van der Waals surface area contributed by atoms with E-state index in [1.54, 1.807) is 11.3 Å². The van der Waals surface area contributed by atoms with Gasteiger partial charge in [0.1, 0.15) is 13.2 Å². The van der Waals surface area contributed by atoms with E-state index < -0.39 is 0 Å². The summed E-state index contributed by atoms with van der Waals surface area (Å²) in [6.07, 6.45) is 1.99. The Hall–Kier alpha value is -2.05. The van der Waals surface area contributed by atoms with E-state index in [2.05, 4.69) is 11.4 Å². The fraction of sp³-hybridized carbons (Fsp3) is 0.421. The SMILES string of the molecule is O=C(C1CCCNC1)N(Cc1cccs1)c1ccc2c(c1)OCCO2. The number of hydrogen-bond donors (Lipinski definition) is 1. The minimum absolute atomic E-state index is 0.0295. The van der Waals surface area contributed by atoms with Gasteiger partial charge in [-0.2, -0.15) is 0 Å². The predicted molar refractivity (Wildman–Crippen MR) is 98.5 cm³/mol. The van der Waals surface area contributed by atoms with Crippen molar-refractivity contribution in [3.05, 3.63) is 40.6 Å². The number of hydrogen-bond acceptors (Lipinski definition) is 5. The maximum absolute atomic E-state index is 13.2. The number of piperidine rings is 1. The lowest BCUT2D eigenvalue weighted by atomic mass is 9.97. The zero-order valence-corrected chi connectivity index (χ0v) is 14.9. The second-order valence-corrected chi connectivity index (χ2v) is 7.41. The van der Waals surface area contributed by atoms with Crippen molar-refractivity contribution < 1.29 is 14.3 Å². The lowest BCUT2D eigenvalue weighted by Gasteiger charge is -2.30. The van der Waals surface area contributed by atoms with Gasteiger partial charge in [-0.15, -0.1) is 11.3 Å². The van der Waals surface area contributed by atoms with Crippen LogP contribution >= 0.6 is 11.3 Å². The molecule has 1 aromatic heterocycles. The monoisotopic (exact) mass is 358 g/mol. The number of fused-ring (bicyclic) bond motifs is 1. The molecule has 1 fully saturated rings. The standard InChI is InChI=1S/C19H22N2O3S/c22-19(14-3-1-7-20-12-14)21(13-16-4-2-10-25-16)15-5-6-17-18(11-15)24-9-8-23-17/h2,4-6,10-11,14,20H,1,3,7-9,12-13H2. The first-order chi connectivity index (χ1) is 12.3. The molecule has 0 radical (unpaired) electrons. The molecule has 132 valence electrons. The van der Waals surface area contributed by atoms with Crippen molar-refractivity contribution in [2.45, 2.75) is 19.4 Å². The molecule has 0 bridgehead atoms. The predicted octanol–water partition coefficient (Wildman–Crippen LogP) is 3.05. The molecule has 2 aliphatic heterocycles. The van der Waals surface area contributed by atoms with E-state index in [4.69, 9.17) is 9.47 Å². The summed E-state index contributed by atoms with van der Waals surface area (Å²) in [6.45, 7) is 3.45. The van der Waals surface area contributed by atoms with Gasteiger partial charge in [0.15, 0.2) is 11.5 Å². The van der Waals surface area contributed by atoms with Crippen LogP contribution in [0.1, 0.15) is 17.7 Å². The van der Waals surface area contributed by atoms with E-state index in [9.17, 15) is 4.79 Å². The summed E-state index contributed by atoms with van der Waals surface area (Å²) in [5, 5.41) is 5.39. The van der Waals surface area contributed by atoms with E-state index in [1.165, 1.54) is 4.88 Å². The lowest BCUT2D eigenvalue weighted by Crippen LogP contribution is -2.42. The second kappa shape index (κ2) is 7.45. The average molecular weight is 358 g/mol. The van der Waals surface area contributed by atoms with Gasteiger partial charge in [0.2, 0.25) is 5.91 Å². The normalized spacial score (nSPS) is 19.4. The largest absolute Gasteiger partial charge is 0.486 e. The Balaban J connectivity index is 1.63. The van der Waals surface area contributed by atoms with Gasteiger partial charge in [-0.05, 0) is 43.0 Å². The molecule has 1 atom stereocenters. The van der Waals surface area contributed by atoms with Gasteiger partial charge >= 0.3 is 0 Å². The topological polar surface area (TPSA) is 50.8 Å². The molecule has 25 heavy (non-hydrogen) atoms. The smallest absolute Gasteiger partial charge is 0.231 e. The van der Waals surface area contributed by atoms with E-state index >= 15 is 0 Å². The van der Waals surface area contributed by atoms with Crippen LogP contribution in [-0.2, 0) is 11.3 Å². The number of thiophene rings is 1. The highest BCUT2D eigenvalue weighted by molar-refractivity contribution is 7.09. The maximum atomic E-state index is 13.2. The quantitative estimate of drug-likeness (QED) is 0.913. The Labute approximate surface area is 151 Å². The summed E-state index contributed by atoms with van der Waals surface area (Å²) < 4.78 is 11.3. The van der Waals surface area contributed by atoms with E-state index in [-0.39, 0.29) is 11.8 Å². The molecule has 1 aromatic carbocycles. The van der Waals surface area contributed by atoms with Crippen LogP contribution in [0.3, 0.4) is 0 Å². The van der Waals surface area contributed by atoms with Gasteiger partial charge in [0.05, 0.1) is 12.5 Å². The summed E-state index contributed by atoms with van der Waals surface area (Å²) in [6, 6.07) is 9.87. The Kier molecular flexibility index (Phi) is 4.90. The molecule has 6 heteroatoms. The van der Waals surface area contributed by atoms with Gasteiger partial charge in [-0.25, -0.2) is 0 Å². The number of carbonyl (C=O) groups is 1. The van der Waals surface area contributed by atoms with E-state index in [0.717, 1.165) is 43.1 Å². The minimum Gasteiger partial charge on any atom is -0.486 e. The Bertz CT molecular complexity index is 726. The maximum Gasteiger partial charge on any atom is 0.231 e. The van der Waals surface area contributed by atoms with Crippen molar-refractivity contribution in [1.82, 2.24) is 5.32 Å². The van der Waals surface area contributed by atoms with Gasteiger partial charge < -0.3 is 19.7 Å². The number of benzene rings is 1. The van der Waals surface area contributed by atoms with E-state index in [1.807, 2.05) is 34.5 Å². The summed E-state index contributed by atoms with van der Waals surface area (Å²) in [4.78, 5) is 16.3. The molecule has 0 saturated carbocycles. The van der Waals surface area contributed by atoms with Crippen molar-refractivity contribution in [1.29, 1.82) is 0 Å². The molecule has 1 amide bonds. The van der Waals surface area contributed by atoms with Crippen molar-refractivity contribution in [3.63, 3.8) is 0 Å². The second-order valence-electron chi connectivity index (χ2n) is 6.37. The van der Waals surface area contributed by atoms with Crippen LogP contribution in [0.2, 0.25) is 0 Å². The third kappa shape index (κ3) is 3.65. The molecule has 2 aliphatic rings. The van der Waals surface area contributed by atoms with Gasteiger partial charge in [-0.1, -0.05) is 6.07 Å². The third-order valence-electron chi connectivity index (χ3n) is 4.64. The van der Waals surface area contributed by atoms with Crippen molar-refractivity contribution in [2.24, 2.45) is 5.92 Å². The van der Waals surface area contributed by atoms with Crippen molar-refractivity contribution >= 4 is 22.9 Å². The van der Waals surface area contributed by atoms with Crippen molar-refractivity contribution in [2.75, 3.05) is 31.2 Å². The van der Waals surface area contributed by atoms with Crippen LogP contribution in [-0.4, -0.2) is 32.2 Å². The Morgan fingerprint density at radius 2 is 2.12 bits per heavy atom. The molecular formula is C19H22N2O3S. The van der Waals surface area contributed by atoms with Crippen molar-refractivity contribution in [3.8, 4) is 11.5 Å². The minimum atomic E-state index is 0.0295. The number of nitrogens with zero attached hydrogens (tertiary/aromatic N) is 1. The molecule has 1 saturated heterocycles. The molecule has 3 heterocycles.